The third-order valence-electron chi connectivity index (χ3n) is 2.67. The predicted octanol–water partition coefficient (Wildman–Crippen LogP) is 2.37. The highest BCUT2D eigenvalue weighted by Crippen LogP contribution is 2.33. The van der Waals surface area contributed by atoms with Crippen molar-refractivity contribution < 1.29 is 13.5 Å². The van der Waals surface area contributed by atoms with Crippen LogP contribution in [0.4, 0.5) is 0 Å². The molecule has 0 aliphatic rings. The van der Waals surface area contributed by atoms with Gasteiger partial charge < -0.3 is 5.11 Å². The van der Waals surface area contributed by atoms with Crippen LogP contribution in [0.3, 0.4) is 0 Å². The number of hydrogen-bond donors (Lipinski definition) is 1. The molecule has 0 bridgehead atoms. The Hall–Kier alpha value is -0.770. The Labute approximate surface area is 129 Å². The van der Waals surface area contributed by atoms with Crippen molar-refractivity contribution in [3.8, 4) is 11.8 Å². The minimum absolute atomic E-state index is 0.00670. The Kier molecular flexibility index (Phi) is 5.87. The van der Waals surface area contributed by atoms with Gasteiger partial charge in [-0.05, 0) is 26.0 Å². The molecule has 110 valence electrons. The molecule has 1 aromatic carbocycles. The highest BCUT2D eigenvalue weighted by atomic mass is 35.5. The zero-order valence-corrected chi connectivity index (χ0v) is 13.6. The predicted molar refractivity (Wildman–Crippen MR) is 80.5 cm³/mol. The summed E-state index contributed by atoms with van der Waals surface area (Å²) < 4.78 is 26.0. The highest BCUT2D eigenvalue weighted by molar-refractivity contribution is 7.89. The number of rotatable bonds is 3. The molecule has 0 aromatic heterocycles. The fourth-order valence-corrected chi connectivity index (χ4v) is 3.97. The molecular formula is C13H15Cl2NO3S. The van der Waals surface area contributed by atoms with Gasteiger partial charge in [-0.15, -0.1) is 0 Å². The van der Waals surface area contributed by atoms with Crippen molar-refractivity contribution in [2.45, 2.75) is 24.8 Å². The molecule has 0 radical (unpaired) electrons. The van der Waals surface area contributed by atoms with Crippen molar-refractivity contribution >= 4 is 33.2 Å². The molecule has 0 aliphatic carbocycles. The van der Waals surface area contributed by atoms with Crippen LogP contribution in [0, 0.1) is 11.8 Å². The Morgan fingerprint density at radius 2 is 1.80 bits per heavy atom. The summed E-state index contributed by atoms with van der Waals surface area (Å²) in [6.45, 7) is 3.20. The van der Waals surface area contributed by atoms with E-state index >= 15 is 0 Å². The average molecular weight is 336 g/mol. The first-order valence-electron chi connectivity index (χ1n) is 5.78. The lowest BCUT2D eigenvalue weighted by molar-refractivity contribution is 0.350. The fraction of sp³-hybridized carbons (Fsp3) is 0.385. The van der Waals surface area contributed by atoms with E-state index in [2.05, 4.69) is 11.8 Å². The van der Waals surface area contributed by atoms with Gasteiger partial charge in [-0.2, -0.15) is 4.31 Å². The number of benzene rings is 1. The van der Waals surface area contributed by atoms with Gasteiger partial charge in [0.2, 0.25) is 10.0 Å². The third kappa shape index (κ3) is 3.66. The topological polar surface area (TPSA) is 57.6 Å². The van der Waals surface area contributed by atoms with Crippen molar-refractivity contribution in [2.24, 2.45) is 0 Å². The summed E-state index contributed by atoms with van der Waals surface area (Å²) in [6, 6.07) is 2.61. The first-order chi connectivity index (χ1) is 9.21. The van der Waals surface area contributed by atoms with E-state index in [1.54, 1.807) is 13.8 Å². The van der Waals surface area contributed by atoms with Crippen LogP contribution in [-0.4, -0.2) is 37.5 Å². The first-order valence-corrected chi connectivity index (χ1v) is 7.98. The van der Waals surface area contributed by atoms with Crippen LogP contribution in [0.5, 0.6) is 0 Å². The molecule has 0 unspecified atom stereocenters. The molecule has 1 aromatic rings. The maximum absolute atomic E-state index is 12.4. The Bertz CT molecular complexity index is 637. The molecule has 0 saturated carbocycles. The van der Waals surface area contributed by atoms with E-state index < -0.39 is 10.0 Å². The Morgan fingerprint density at radius 1 is 1.30 bits per heavy atom. The van der Waals surface area contributed by atoms with Gasteiger partial charge in [0, 0.05) is 18.7 Å². The van der Waals surface area contributed by atoms with Gasteiger partial charge in [0.1, 0.15) is 11.5 Å². The zero-order valence-electron chi connectivity index (χ0n) is 11.3. The summed E-state index contributed by atoms with van der Waals surface area (Å²) in [4.78, 5) is -0.133. The standard InChI is InChI=1S/C13H15Cl2NO3S/c1-9(2)16(3)20(18,19)13-11(14)7-10(5-4-6-17)8-12(13)15/h7-9,17H,6H2,1-3H3. The molecule has 0 saturated heterocycles. The molecule has 0 spiro atoms. The van der Waals surface area contributed by atoms with Crippen molar-refractivity contribution in [1.82, 2.24) is 4.31 Å². The lowest BCUT2D eigenvalue weighted by Crippen LogP contribution is -2.33. The summed E-state index contributed by atoms with van der Waals surface area (Å²) in [5.74, 6) is 5.08. The maximum Gasteiger partial charge on any atom is 0.246 e. The number of aliphatic hydroxyl groups excluding tert-OH is 1. The number of halogens is 2. The summed E-state index contributed by atoms with van der Waals surface area (Å²) in [7, 11) is -2.30. The highest BCUT2D eigenvalue weighted by Gasteiger charge is 2.28. The van der Waals surface area contributed by atoms with Gasteiger partial charge in [0.25, 0.3) is 0 Å². The molecule has 4 nitrogen and oxygen atoms in total. The summed E-state index contributed by atoms with van der Waals surface area (Å²) in [6.07, 6.45) is 0. The zero-order chi connectivity index (χ0) is 15.5. The first kappa shape index (κ1) is 17.3. The van der Waals surface area contributed by atoms with E-state index in [0.29, 0.717) is 5.56 Å². The van der Waals surface area contributed by atoms with Gasteiger partial charge in [0.15, 0.2) is 0 Å². The van der Waals surface area contributed by atoms with Crippen LogP contribution < -0.4 is 0 Å². The number of nitrogens with zero attached hydrogens (tertiary/aromatic N) is 1. The normalized spacial score (nSPS) is 11.6. The van der Waals surface area contributed by atoms with Crippen molar-refractivity contribution in [3.63, 3.8) is 0 Å². The lowest BCUT2D eigenvalue weighted by atomic mass is 10.2. The second kappa shape index (κ2) is 6.79. The molecule has 0 aliphatic heterocycles. The quantitative estimate of drug-likeness (QED) is 0.862. The molecule has 0 fully saturated rings. The second-order valence-corrected chi connectivity index (χ2v) is 7.09. The smallest absolute Gasteiger partial charge is 0.246 e. The van der Waals surface area contributed by atoms with Crippen LogP contribution in [-0.2, 0) is 10.0 Å². The lowest BCUT2D eigenvalue weighted by Gasteiger charge is -2.22. The van der Waals surface area contributed by atoms with E-state index in [1.807, 2.05) is 0 Å². The molecule has 0 amide bonds. The minimum Gasteiger partial charge on any atom is -0.384 e. The molecule has 0 atom stereocenters. The van der Waals surface area contributed by atoms with Crippen LogP contribution in [0.15, 0.2) is 17.0 Å². The van der Waals surface area contributed by atoms with Gasteiger partial charge >= 0.3 is 0 Å². The van der Waals surface area contributed by atoms with Gasteiger partial charge in [-0.3, -0.25) is 0 Å². The van der Waals surface area contributed by atoms with E-state index in [1.165, 1.54) is 23.5 Å². The van der Waals surface area contributed by atoms with Crippen LogP contribution in [0.2, 0.25) is 10.0 Å². The average Bonchev–Trinajstić information content (AvgIpc) is 2.34. The molecule has 0 heterocycles. The Morgan fingerprint density at radius 3 is 2.20 bits per heavy atom. The Balaban J connectivity index is 3.41. The summed E-state index contributed by atoms with van der Waals surface area (Å²) >= 11 is 12.1. The summed E-state index contributed by atoms with van der Waals surface area (Å²) in [5.41, 5.74) is 0.445. The van der Waals surface area contributed by atoms with Crippen LogP contribution in [0.25, 0.3) is 0 Å². The number of sulfonamides is 1. The van der Waals surface area contributed by atoms with E-state index in [0.717, 1.165) is 0 Å². The maximum atomic E-state index is 12.4. The van der Waals surface area contributed by atoms with Crippen molar-refractivity contribution in [2.75, 3.05) is 13.7 Å². The number of hydrogen-bond acceptors (Lipinski definition) is 3. The van der Waals surface area contributed by atoms with E-state index in [4.69, 9.17) is 28.3 Å². The third-order valence-corrected chi connectivity index (χ3v) is 5.63. The van der Waals surface area contributed by atoms with Crippen molar-refractivity contribution in [3.05, 3.63) is 27.7 Å². The molecule has 7 heteroatoms. The second-order valence-electron chi connectivity index (χ2n) is 4.34. The molecule has 1 rings (SSSR count). The summed E-state index contributed by atoms with van der Waals surface area (Å²) in [5, 5.41) is 8.66. The van der Waals surface area contributed by atoms with E-state index in [9.17, 15) is 8.42 Å². The molecule has 20 heavy (non-hydrogen) atoms. The van der Waals surface area contributed by atoms with Crippen LogP contribution >= 0.6 is 23.2 Å². The number of aliphatic hydroxyl groups is 1. The van der Waals surface area contributed by atoms with Crippen LogP contribution in [0.1, 0.15) is 19.4 Å². The van der Waals surface area contributed by atoms with Gasteiger partial charge in [-0.1, -0.05) is 35.0 Å². The van der Waals surface area contributed by atoms with Gasteiger partial charge in [0.05, 0.1) is 10.0 Å². The van der Waals surface area contributed by atoms with Gasteiger partial charge in [-0.25, -0.2) is 8.42 Å². The van der Waals surface area contributed by atoms with Crippen molar-refractivity contribution in [1.29, 1.82) is 0 Å². The molecule has 1 N–H and O–H groups in total. The minimum atomic E-state index is -3.76. The largest absolute Gasteiger partial charge is 0.384 e. The molecular weight excluding hydrogens is 321 g/mol. The SMILES string of the molecule is CC(C)N(C)S(=O)(=O)c1c(Cl)cc(C#CCO)cc1Cl. The fourth-order valence-electron chi connectivity index (χ4n) is 1.44. The van der Waals surface area contributed by atoms with E-state index in [-0.39, 0.29) is 27.6 Å². The monoisotopic (exact) mass is 335 g/mol.